The molecule has 0 saturated heterocycles. The number of aromatic nitrogens is 2. The Balaban J connectivity index is 1.51. The van der Waals surface area contributed by atoms with Crippen LogP contribution in [0.1, 0.15) is 62.3 Å². The second-order valence-corrected chi connectivity index (χ2v) is 7.42. The van der Waals surface area contributed by atoms with E-state index in [1.165, 1.54) is 38.5 Å². The Morgan fingerprint density at radius 3 is 2.55 bits per heavy atom. The van der Waals surface area contributed by atoms with Gasteiger partial charge in [-0.15, -0.1) is 11.6 Å². The Kier molecular flexibility index (Phi) is 3.60. The third-order valence-electron chi connectivity index (χ3n) is 5.58. The molecule has 1 amide bonds. The highest BCUT2D eigenvalue weighted by Crippen LogP contribution is 2.59. The highest BCUT2D eigenvalue weighted by molar-refractivity contribution is 6.27. The molecule has 4 rings (SSSR count). The fourth-order valence-electron chi connectivity index (χ4n) is 3.99. The van der Waals surface area contributed by atoms with Crippen LogP contribution in [0.5, 0.6) is 0 Å². The average Bonchev–Trinajstić information content (AvgIpc) is 3.44. The minimum Gasteiger partial charge on any atom is -0.334 e. The summed E-state index contributed by atoms with van der Waals surface area (Å²) in [6.07, 6.45) is 12.3. The molecule has 22 heavy (non-hydrogen) atoms. The summed E-state index contributed by atoms with van der Waals surface area (Å²) in [6, 6.07) is 0.363. The standard InChI is InChI=1S/C17H22ClN3O/c18-8-15(22)21(14-2-1-5-17(14)6-7-17)11-12-9-19-16(20-10-12)13-3-4-13/h9-10,13-14H,1-8,11H2. The van der Waals surface area contributed by atoms with Gasteiger partial charge in [0.25, 0.3) is 0 Å². The van der Waals surface area contributed by atoms with E-state index in [1.807, 2.05) is 17.3 Å². The molecule has 3 aliphatic rings. The lowest BCUT2D eigenvalue weighted by molar-refractivity contribution is -0.132. The minimum absolute atomic E-state index is 0.0473. The summed E-state index contributed by atoms with van der Waals surface area (Å²) in [5.74, 6) is 1.64. The van der Waals surface area contributed by atoms with E-state index in [1.54, 1.807) is 0 Å². The van der Waals surface area contributed by atoms with Crippen LogP contribution in [-0.4, -0.2) is 32.7 Å². The second kappa shape index (κ2) is 5.48. The van der Waals surface area contributed by atoms with Crippen molar-refractivity contribution in [1.82, 2.24) is 14.9 Å². The molecular weight excluding hydrogens is 298 g/mol. The van der Waals surface area contributed by atoms with Gasteiger partial charge >= 0.3 is 0 Å². The van der Waals surface area contributed by atoms with Crippen molar-refractivity contribution in [3.8, 4) is 0 Å². The monoisotopic (exact) mass is 319 g/mol. The zero-order valence-corrected chi connectivity index (χ0v) is 13.6. The van der Waals surface area contributed by atoms with Crippen LogP contribution in [0.25, 0.3) is 0 Å². The van der Waals surface area contributed by atoms with Gasteiger partial charge in [0.2, 0.25) is 5.91 Å². The first-order valence-corrected chi connectivity index (χ1v) is 8.91. The smallest absolute Gasteiger partial charge is 0.238 e. The fourth-order valence-corrected chi connectivity index (χ4v) is 4.15. The molecule has 1 aromatic rings. The SMILES string of the molecule is O=C(CCl)N(Cc1cnc(C2CC2)nc1)C1CCCC12CC2. The van der Waals surface area contributed by atoms with Crippen molar-refractivity contribution in [1.29, 1.82) is 0 Å². The van der Waals surface area contributed by atoms with E-state index in [2.05, 4.69) is 9.97 Å². The Bertz CT molecular complexity index is 566. The number of carbonyl (C=O) groups is 1. The van der Waals surface area contributed by atoms with E-state index in [0.29, 0.717) is 23.9 Å². The molecule has 3 fully saturated rings. The molecule has 118 valence electrons. The van der Waals surface area contributed by atoms with E-state index >= 15 is 0 Å². The summed E-state index contributed by atoms with van der Waals surface area (Å²) in [7, 11) is 0. The first-order chi connectivity index (χ1) is 10.7. The summed E-state index contributed by atoms with van der Waals surface area (Å²) >= 11 is 5.86. The Morgan fingerprint density at radius 1 is 1.23 bits per heavy atom. The van der Waals surface area contributed by atoms with Gasteiger partial charge in [0.1, 0.15) is 11.7 Å². The number of rotatable bonds is 5. The second-order valence-electron chi connectivity index (χ2n) is 7.15. The number of nitrogens with zero attached hydrogens (tertiary/aromatic N) is 3. The van der Waals surface area contributed by atoms with Gasteiger partial charge in [-0.3, -0.25) is 4.79 Å². The minimum atomic E-state index is 0.0473. The summed E-state index contributed by atoms with van der Waals surface area (Å²) < 4.78 is 0. The maximum atomic E-state index is 12.4. The number of hydrogen-bond acceptors (Lipinski definition) is 3. The van der Waals surface area contributed by atoms with Gasteiger partial charge in [-0.2, -0.15) is 0 Å². The predicted octanol–water partition coefficient (Wildman–Crippen LogP) is 3.25. The molecule has 0 N–H and O–H groups in total. The van der Waals surface area contributed by atoms with Crippen molar-refractivity contribution in [3.05, 3.63) is 23.8 Å². The molecular formula is C17H22ClN3O. The van der Waals surface area contributed by atoms with Gasteiger partial charge in [-0.05, 0) is 43.9 Å². The zero-order valence-electron chi connectivity index (χ0n) is 12.8. The first kappa shape index (κ1) is 14.4. The molecule has 1 spiro atoms. The summed E-state index contributed by atoms with van der Waals surface area (Å²) in [6.45, 7) is 0.600. The van der Waals surface area contributed by atoms with Crippen LogP contribution in [0, 0.1) is 5.41 Å². The lowest BCUT2D eigenvalue weighted by atomic mass is 9.98. The topological polar surface area (TPSA) is 46.1 Å². The molecule has 1 aromatic heterocycles. The molecule has 1 unspecified atom stereocenters. The van der Waals surface area contributed by atoms with Crippen LogP contribution in [0.2, 0.25) is 0 Å². The van der Waals surface area contributed by atoms with Crippen LogP contribution in [0.15, 0.2) is 12.4 Å². The maximum absolute atomic E-state index is 12.4. The molecule has 4 nitrogen and oxygen atoms in total. The van der Waals surface area contributed by atoms with Crippen molar-refractivity contribution >= 4 is 17.5 Å². The van der Waals surface area contributed by atoms with Gasteiger partial charge in [0.05, 0.1) is 0 Å². The number of hydrogen-bond donors (Lipinski definition) is 0. The Hall–Kier alpha value is -1.16. The quantitative estimate of drug-likeness (QED) is 0.783. The molecule has 0 radical (unpaired) electrons. The molecule has 0 aromatic carbocycles. The Morgan fingerprint density at radius 2 is 1.95 bits per heavy atom. The van der Waals surface area contributed by atoms with E-state index in [9.17, 15) is 4.79 Å². The third-order valence-corrected chi connectivity index (χ3v) is 5.81. The normalized spacial score (nSPS) is 25.4. The van der Waals surface area contributed by atoms with Gasteiger partial charge in [0.15, 0.2) is 0 Å². The van der Waals surface area contributed by atoms with Crippen molar-refractivity contribution in [2.45, 2.75) is 63.5 Å². The molecule has 1 heterocycles. The van der Waals surface area contributed by atoms with Gasteiger partial charge in [-0.25, -0.2) is 9.97 Å². The summed E-state index contributed by atoms with van der Waals surface area (Å²) in [5, 5.41) is 0. The summed E-state index contributed by atoms with van der Waals surface area (Å²) in [5.41, 5.74) is 1.42. The van der Waals surface area contributed by atoms with Crippen LogP contribution >= 0.6 is 11.6 Å². The van der Waals surface area contributed by atoms with Crippen molar-refractivity contribution in [2.75, 3.05) is 5.88 Å². The van der Waals surface area contributed by atoms with Crippen molar-refractivity contribution < 1.29 is 4.79 Å². The van der Waals surface area contributed by atoms with Crippen LogP contribution < -0.4 is 0 Å². The lowest BCUT2D eigenvalue weighted by Gasteiger charge is -2.33. The zero-order chi connectivity index (χ0) is 15.2. The van der Waals surface area contributed by atoms with Crippen molar-refractivity contribution in [2.24, 2.45) is 5.41 Å². The molecule has 0 bridgehead atoms. The van der Waals surface area contributed by atoms with E-state index in [4.69, 9.17) is 11.6 Å². The predicted molar refractivity (Wildman–Crippen MR) is 84.6 cm³/mol. The molecule has 3 saturated carbocycles. The van der Waals surface area contributed by atoms with Crippen LogP contribution in [-0.2, 0) is 11.3 Å². The van der Waals surface area contributed by atoms with Crippen molar-refractivity contribution in [3.63, 3.8) is 0 Å². The lowest BCUT2D eigenvalue weighted by Crippen LogP contribution is -2.43. The molecule has 3 aliphatic carbocycles. The molecule has 1 atom stereocenters. The largest absolute Gasteiger partial charge is 0.334 e. The molecule has 5 heteroatoms. The number of alkyl halides is 1. The molecule has 0 aliphatic heterocycles. The highest BCUT2D eigenvalue weighted by atomic mass is 35.5. The number of carbonyl (C=O) groups excluding carboxylic acids is 1. The van der Waals surface area contributed by atoms with Gasteiger partial charge < -0.3 is 4.90 Å². The fraction of sp³-hybridized carbons (Fsp3) is 0.706. The van der Waals surface area contributed by atoms with E-state index < -0.39 is 0 Å². The Labute approximate surface area is 136 Å². The van der Waals surface area contributed by atoms with Crippen LogP contribution in [0.4, 0.5) is 0 Å². The third kappa shape index (κ3) is 2.62. The van der Waals surface area contributed by atoms with Crippen LogP contribution in [0.3, 0.4) is 0 Å². The number of halogens is 1. The average molecular weight is 320 g/mol. The van der Waals surface area contributed by atoms with E-state index in [0.717, 1.165) is 17.8 Å². The first-order valence-electron chi connectivity index (χ1n) is 8.38. The van der Waals surface area contributed by atoms with Gasteiger partial charge in [0, 0.05) is 36.5 Å². The van der Waals surface area contributed by atoms with Gasteiger partial charge in [-0.1, -0.05) is 6.42 Å². The number of amides is 1. The maximum Gasteiger partial charge on any atom is 0.238 e. The summed E-state index contributed by atoms with van der Waals surface area (Å²) in [4.78, 5) is 23.3. The highest BCUT2D eigenvalue weighted by Gasteiger charge is 2.54. The van der Waals surface area contributed by atoms with E-state index in [-0.39, 0.29) is 11.8 Å².